The molecule has 2 atom stereocenters. The van der Waals surface area contributed by atoms with E-state index in [0.717, 1.165) is 36.0 Å². The summed E-state index contributed by atoms with van der Waals surface area (Å²) < 4.78 is 29.4. The molecule has 2 nitrogen and oxygen atoms in total. The summed E-state index contributed by atoms with van der Waals surface area (Å²) in [6.45, 7) is -2.82. The van der Waals surface area contributed by atoms with Crippen molar-refractivity contribution in [2.45, 2.75) is 37.8 Å². The average Bonchev–Trinajstić information content (AvgIpc) is 2.51. The molecule has 2 aromatic carbocycles. The van der Waals surface area contributed by atoms with Gasteiger partial charge in [0.25, 0.3) is 0 Å². The van der Waals surface area contributed by atoms with Crippen molar-refractivity contribution in [1.82, 2.24) is 0 Å². The Hall–Kier alpha value is -1.36. The van der Waals surface area contributed by atoms with Gasteiger partial charge in [0.15, 0.2) is 0 Å². The predicted molar refractivity (Wildman–Crippen MR) is 94.5 cm³/mol. The first kappa shape index (κ1) is 19.0. The molecule has 2 aromatic rings. The third-order valence-corrected chi connectivity index (χ3v) is 4.63. The van der Waals surface area contributed by atoms with Crippen LogP contribution in [0.3, 0.4) is 0 Å². The molecule has 0 saturated carbocycles. The Morgan fingerprint density at radius 1 is 1.17 bits per heavy atom. The Morgan fingerprint density at radius 3 is 2.54 bits per heavy atom. The summed E-state index contributed by atoms with van der Waals surface area (Å²) in [5.41, 5.74) is 9.61. The van der Waals surface area contributed by atoms with Crippen molar-refractivity contribution in [3.8, 4) is 5.75 Å². The van der Waals surface area contributed by atoms with Crippen LogP contribution in [-0.4, -0.2) is 12.7 Å². The van der Waals surface area contributed by atoms with Gasteiger partial charge in [-0.2, -0.15) is 8.78 Å². The molecule has 1 aliphatic carbocycles. The highest BCUT2D eigenvalue weighted by Gasteiger charge is 2.28. The number of hydrogen-bond acceptors (Lipinski definition) is 2. The van der Waals surface area contributed by atoms with Crippen molar-refractivity contribution < 1.29 is 13.5 Å². The van der Waals surface area contributed by atoms with Crippen LogP contribution >= 0.6 is 24.0 Å². The largest absolute Gasteiger partial charge is 0.435 e. The number of halogens is 4. The van der Waals surface area contributed by atoms with Crippen molar-refractivity contribution >= 4 is 24.0 Å². The van der Waals surface area contributed by atoms with E-state index in [1.807, 2.05) is 30.3 Å². The lowest BCUT2D eigenvalue weighted by atomic mass is 9.76. The number of ether oxygens (including phenoxy) is 1. The van der Waals surface area contributed by atoms with Crippen LogP contribution in [0.4, 0.5) is 8.78 Å². The Morgan fingerprint density at radius 2 is 1.88 bits per heavy atom. The fourth-order valence-corrected chi connectivity index (χ4v) is 3.34. The second-order valence-electron chi connectivity index (χ2n) is 5.88. The highest BCUT2D eigenvalue weighted by Crippen LogP contribution is 2.36. The van der Waals surface area contributed by atoms with Crippen LogP contribution in [0.1, 0.15) is 29.0 Å². The van der Waals surface area contributed by atoms with E-state index in [1.54, 1.807) is 12.1 Å². The van der Waals surface area contributed by atoms with E-state index in [1.165, 1.54) is 0 Å². The number of alkyl halides is 2. The molecule has 0 aliphatic heterocycles. The second-order valence-corrected chi connectivity index (χ2v) is 6.32. The summed E-state index contributed by atoms with van der Waals surface area (Å²) in [7, 11) is 0. The van der Waals surface area contributed by atoms with Crippen LogP contribution in [0.5, 0.6) is 5.75 Å². The number of hydrogen-bond donors (Lipinski definition) is 1. The first-order valence-corrected chi connectivity index (χ1v) is 7.98. The molecule has 2 unspecified atom stereocenters. The molecule has 6 heteroatoms. The average molecular weight is 374 g/mol. The third-order valence-electron chi connectivity index (χ3n) is 4.37. The number of benzene rings is 2. The predicted octanol–water partition coefficient (Wildman–Crippen LogP) is 4.96. The van der Waals surface area contributed by atoms with Gasteiger partial charge in [-0.25, -0.2) is 0 Å². The minimum atomic E-state index is -2.82. The molecule has 0 heterocycles. The molecule has 130 valence electrons. The zero-order valence-corrected chi connectivity index (χ0v) is 14.5. The van der Waals surface area contributed by atoms with E-state index in [0.29, 0.717) is 5.02 Å². The maximum atomic E-state index is 12.5. The highest BCUT2D eigenvalue weighted by molar-refractivity contribution is 6.30. The van der Waals surface area contributed by atoms with Crippen molar-refractivity contribution in [1.29, 1.82) is 0 Å². The zero-order valence-electron chi connectivity index (χ0n) is 12.9. The third kappa shape index (κ3) is 4.38. The van der Waals surface area contributed by atoms with Gasteiger partial charge in [0.2, 0.25) is 0 Å². The minimum absolute atomic E-state index is 0. The zero-order chi connectivity index (χ0) is 16.4. The summed E-state index contributed by atoms with van der Waals surface area (Å²) in [4.78, 5) is 0. The molecule has 3 rings (SSSR count). The van der Waals surface area contributed by atoms with Crippen LogP contribution < -0.4 is 10.5 Å². The normalized spacial score (nSPS) is 19.5. The number of nitrogens with two attached hydrogens (primary N) is 1. The topological polar surface area (TPSA) is 35.2 Å². The van der Waals surface area contributed by atoms with E-state index in [4.69, 9.17) is 17.3 Å². The molecule has 0 spiro atoms. The van der Waals surface area contributed by atoms with E-state index in [-0.39, 0.29) is 30.1 Å². The standard InChI is InChI=1S/C18H18ClF2NO.ClH/c19-13-5-1-11(2-6-13)9-16-15-10-14(23-18(20)21)7-3-12(15)4-8-17(16)22;/h1-3,5-7,10,16-18H,4,8-9,22H2;1H. The SMILES string of the molecule is Cl.NC1CCc2ccc(OC(F)F)cc2C1Cc1ccc(Cl)cc1. The molecular formula is C18H19Cl2F2NO. The molecule has 0 amide bonds. The number of rotatable bonds is 4. The van der Waals surface area contributed by atoms with Crippen molar-refractivity contribution in [2.75, 3.05) is 0 Å². The molecule has 2 N–H and O–H groups in total. The summed E-state index contributed by atoms with van der Waals surface area (Å²) >= 11 is 5.92. The minimum Gasteiger partial charge on any atom is -0.435 e. The van der Waals surface area contributed by atoms with Gasteiger partial charge in [0.1, 0.15) is 5.75 Å². The van der Waals surface area contributed by atoms with Gasteiger partial charge >= 0.3 is 6.61 Å². The highest BCUT2D eigenvalue weighted by atomic mass is 35.5. The maximum absolute atomic E-state index is 12.5. The summed E-state index contributed by atoms with van der Waals surface area (Å²) in [5, 5.41) is 0.690. The lowest BCUT2D eigenvalue weighted by molar-refractivity contribution is -0.0499. The van der Waals surface area contributed by atoms with Gasteiger partial charge < -0.3 is 10.5 Å². The molecule has 0 aromatic heterocycles. The summed E-state index contributed by atoms with van der Waals surface area (Å²) in [6, 6.07) is 12.8. The van der Waals surface area contributed by atoms with Gasteiger partial charge in [0, 0.05) is 17.0 Å². The molecule has 1 aliphatic rings. The fraction of sp³-hybridized carbons (Fsp3) is 0.333. The Labute approximate surface area is 151 Å². The molecular weight excluding hydrogens is 355 g/mol. The van der Waals surface area contributed by atoms with Gasteiger partial charge in [-0.1, -0.05) is 29.8 Å². The smallest absolute Gasteiger partial charge is 0.387 e. The summed E-state index contributed by atoms with van der Waals surface area (Å²) in [6.07, 6.45) is 2.51. The van der Waals surface area contributed by atoms with E-state index in [9.17, 15) is 8.78 Å². The lowest BCUT2D eigenvalue weighted by Crippen LogP contribution is -2.34. The van der Waals surface area contributed by atoms with Crippen LogP contribution in [-0.2, 0) is 12.8 Å². The Balaban J connectivity index is 0.00000208. The first-order valence-electron chi connectivity index (χ1n) is 7.60. The first-order chi connectivity index (χ1) is 11.0. The van der Waals surface area contributed by atoms with E-state index < -0.39 is 6.61 Å². The molecule has 0 fully saturated rings. The Bertz CT molecular complexity index is 679. The van der Waals surface area contributed by atoms with Crippen molar-refractivity contribution in [2.24, 2.45) is 5.73 Å². The maximum Gasteiger partial charge on any atom is 0.387 e. The van der Waals surface area contributed by atoms with Crippen LogP contribution in [0.2, 0.25) is 5.02 Å². The van der Waals surface area contributed by atoms with Gasteiger partial charge in [-0.05, 0) is 60.2 Å². The molecule has 0 radical (unpaired) electrons. The van der Waals surface area contributed by atoms with Crippen molar-refractivity contribution in [3.63, 3.8) is 0 Å². The van der Waals surface area contributed by atoms with Crippen LogP contribution in [0.15, 0.2) is 42.5 Å². The quantitative estimate of drug-likeness (QED) is 0.821. The summed E-state index contributed by atoms with van der Waals surface area (Å²) in [5.74, 6) is 0.273. The van der Waals surface area contributed by atoms with Crippen LogP contribution in [0.25, 0.3) is 0 Å². The molecule has 24 heavy (non-hydrogen) atoms. The van der Waals surface area contributed by atoms with E-state index >= 15 is 0 Å². The monoisotopic (exact) mass is 373 g/mol. The van der Waals surface area contributed by atoms with Gasteiger partial charge in [-0.3, -0.25) is 0 Å². The molecule has 0 bridgehead atoms. The number of fused-ring (bicyclic) bond motifs is 1. The van der Waals surface area contributed by atoms with Crippen LogP contribution in [0, 0.1) is 0 Å². The second kappa shape index (κ2) is 8.15. The van der Waals surface area contributed by atoms with E-state index in [2.05, 4.69) is 4.74 Å². The Kier molecular flexibility index (Phi) is 6.44. The van der Waals surface area contributed by atoms with Gasteiger partial charge in [-0.15, -0.1) is 12.4 Å². The number of aryl methyl sites for hydroxylation is 1. The fourth-order valence-electron chi connectivity index (χ4n) is 3.21. The molecule has 0 saturated heterocycles. The van der Waals surface area contributed by atoms with Crippen molar-refractivity contribution in [3.05, 3.63) is 64.2 Å². The lowest BCUT2D eigenvalue weighted by Gasteiger charge is -2.32. The van der Waals surface area contributed by atoms with Gasteiger partial charge in [0.05, 0.1) is 0 Å².